The molecular formula is C14H24N2O4. The Bertz CT molecular complexity index is 312. The van der Waals surface area contributed by atoms with Crippen LogP contribution in [0, 0.1) is 13.5 Å². The molecule has 1 heterocycles. The first-order chi connectivity index (χ1) is 9.63. The first-order valence-corrected chi connectivity index (χ1v) is 5.93. The monoisotopic (exact) mass is 284 g/mol. The molecule has 1 aromatic rings. The molecule has 0 bridgehead atoms. The molecule has 0 saturated heterocycles. The molecule has 0 radical (unpaired) electrons. The first kappa shape index (κ1) is 20.3. The third-order valence-corrected chi connectivity index (χ3v) is 2.11. The molecule has 0 saturated carbocycles. The zero-order valence-corrected chi connectivity index (χ0v) is 12.1. The van der Waals surface area contributed by atoms with Gasteiger partial charge in [-0.2, -0.15) is 0 Å². The molecule has 1 rings (SSSR count). The van der Waals surface area contributed by atoms with E-state index in [2.05, 4.69) is 26.2 Å². The van der Waals surface area contributed by atoms with Crippen molar-refractivity contribution in [2.24, 2.45) is 0 Å². The van der Waals surface area contributed by atoms with Crippen molar-refractivity contribution < 1.29 is 24.4 Å². The fourth-order valence-electron chi connectivity index (χ4n) is 0.812. The van der Waals surface area contributed by atoms with Crippen LogP contribution in [0.3, 0.4) is 0 Å². The number of nitrogens with one attached hydrogen (secondary N) is 2. The molecule has 20 heavy (non-hydrogen) atoms. The van der Waals surface area contributed by atoms with Crippen LogP contribution in [0.25, 0.3) is 0 Å². The lowest BCUT2D eigenvalue weighted by Crippen LogP contribution is -2.61. The van der Waals surface area contributed by atoms with Crippen LogP contribution in [-0.4, -0.2) is 34.1 Å². The molecule has 0 spiro atoms. The number of hydrogen-bond acceptors (Lipinski definition) is 3. The van der Waals surface area contributed by atoms with E-state index in [9.17, 15) is 4.79 Å². The van der Waals surface area contributed by atoms with Crippen molar-refractivity contribution in [1.29, 1.82) is 0 Å². The van der Waals surface area contributed by atoms with Crippen LogP contribution >= 0.6 is 0 Å². The SMILES string of the molecule is C/C=C(\C)C(C)[OH+][CH-]O.C=[NH+][CH-]OC=O.c1cc[nH]c1. The summed E-state index contributed by atoms with van der Waals surface area (Å²) in [5.41, 5.74) is 1.17. The predicted octanol–water partition coefficient (Wildman–Crippen LogP) is 0.435. The number of aromatic nitrogens is 1. The average molecular weight is 284 g/mol. The molecule has 1 atom stereocenters. The second-order valence-corrected chi connectivity index (χ2v) is 3.41. The summed E-state index contributed by atoms with van der Waals surface area (Å²) in [7, 11) is 0. The van der Waals surface area contributed by atoms with Gasteiger partial charge in [-0.1, -0.05) is 6.08 Å². The maximum Gasteiger partial charge on any atom is 0.284 e. The first-order valence-electron chi connectivity index (χ1n) is 5.93. The van der Waals surface area contributed by atoms with Gasteiger partial charge < -0.3 is 24.6 Å². The third-order valence-electron chi connectivity index (χ3n) is 2.11. The molecular weight excluding hydrogens is 260 g/mol. The number of carbonyl (C=O) groups is 1. The van der Waals surface area contributed by atoms with Gasteiger partial charge in [0.25, 0.3) is 6.47 Å². The highest BCUT2D eigenvalue weighted by Gasteiger charge is 2.01. The predicted molar refractivity (Wildman–Crippen MR) is 77.7 cm³/mol. The van der Waals surface area contributed by atoms with Crippen LogP contribution in [0.2, 0.25) is 0 Å². The summed E-state index contributed by atoms with van der Waals surface area (Å²) in [5.74, 6) is 0. The maximum absolute atomic E-state index is 9.24. The quantitative estimate of drug-likeness (QED) is 0.177. The van der Waals surface area contributed by atoms with Gasteiger partial charge in [0.2, 0.25) is 0 Å². The summed E-state index contributed by atoms with van der Waals surface area (Å²) in [6.45, 7) is 11.2. The third kappa shape index (κ3) is 16.0. The number of ether oxygens (including phenoxy) is 2. The molecule has 0 aromatic carbocycles. The van der Waals surface area contributed by atoms with E-state index in [1.54, 1.807) is 0 Å². The van der Waals surface area contributed by atoms with Crippen molar-refractivity contribution in [2.45, 2.75) is 26.9 Å². The molecule has 6 heteroatoms. The molecule has 0 aliphatic carbocycles. The van der Waals surface area contributed by atoms with Crippen LogP contribution in [0.5, 0.6) is 0 Å². The molecule has 1 aromatic heterocycles. The molecule has 0 aliphatic rings. The molecule has 1 unspecified atom stereocenters. The van der Waals surface area contributed by atoms with E-state index < -0.39 is 0 Å². The topological polar surface area (TPSA) is 89.1 Å². The van der Waals surface area contributed by atoms with E-state index in [-0.39, 0.29) is 6.10 Å². The minimum Gasteiger partial charge on any atom is -0.554 e. The van der Waals surface area contributed by atoms with Gasteiger partial charge in [0, 0.05) is 19.3 Å². The normalized spacial score (nSPS) is 10.9. The van der Waals surface area contributed by atoms with Crippen molar-refractivity contribution in [3.05, 3.63) is 49.7 Å². The second-order valence-electron chi connectivity index (χ2n) is 3.41. The standard InChI is InChI=1S/C7H14O2.C4H5N.C3H5NO2/c1-4-6(2)7(3)9-5-8;1-2-4-5-3-1;1-4-2-6-3-5/h4-5,7-9H,1-3H3;1-5H;2-4H,1H2/b6-4+;;. The van der Waals surface area contributed by atoms with Gasteiger partial charge in [-0.15, -0.1) is 0 Å². The van der Waals surface area contributed by atoms with Crippen molar-refractivity contribution >= 4 is 13.2 Å². The van der Waals surface area contributed by atoms with Crippen molar-refractivity contribution in [1.82, 2.24) is 4.98 Å². The van der Waals surface area contributed by atoms with E-state index >= 15 is 0 Å². The Morgan fingerprint density at radius 3 is 2.40 bits per heavy atom. The van der Waals surface area contributed by atoms with Gasteiger partial charge >= 0.3 is 0 Å². The zero-order chi connectivity index (χ0) is 15.6. The van der Waals surface area contributed by atoms with E-state index in [0.29, 0.717) is 6.47 Å². The smallest absolute Gasteiger partial charge is 0.284 e. The van der Waals surface area contributed by atoms with Crippen molar-refractivity contribution in [3.63, 3.8) is 0 Å². The Morgan fingerprint density at radius 2 is 2.15 bits per heavy atom. The fraction of sp³-hybridized carbons (Fsp3) is 0.286. The molecule has 0 fully saturated rings. The van der Waals surface area contributed by atoms with E-state index in [4.69, 9.17) is 5.11 Å². The Morgan fingerprint density at radius 1 is 1.55 bits per heavy atom. The van der Waals surface area contributed by atoms with E-state index in [1.807, 2.05) is 51.4 Å². The van der Waals surface area contributed by atoms with Gasteiger partial charge in [0.15, 0.2) is 6.73 Å². The number of aliphatic hydroxyl groups is 3. The Labute approximate surface area is 120 Å². The number of aromatic amines is 1. The lowest BCUT2D eigenvalue weighted by Gasteiger charge is -2.13. The highest BCUT2D eigenvalue weighted by Crippen LogP contribution is 2.01. The summed E-state index contributed by atoms with van der Waals surface area (Å²) in [4.78, 5) is 14.3. The van der Waals surface area contributed by atoms with Gasteiger partial charge in [-0.25, -0.2) is 0 Å². The Hall–Kier alpha value is -2.05. The summed E-state index contributed by atoms with van der Waals surface area (Å²) < 4.78 is 7.76. The largest absolute Gasteiger partial charge is 0.554 e. The van der Waals surface area contributed by atoms with Crippen molar-refractivity contribution in [2.75, 3.05) is 0 Å². The fourth-order valence-corrected chi connectivity index (χ4v) is 0.812. The van der Waals surface area contributed by atoms with Crippen LogP contribution in [0.4, 0.5) is 0 Å². The number of hydrogen-bond donors (Lipinski definition) is 3. The summed E-state index contributed by atoms with van der Waals surface area (Å²) in [5, 5.41) is 8.26. The van der Waals surface area contributed by atoms with Crippen LogP contribution in [0.15, 0.2) is 36.2 Å². The summed E-state index contributed by atoms with van der Waals surface area (Å²) in [6.07, 6.45) is 5.84. The summed E-state index contributed by atoms with van der Waals surface area (Å²) >= 11 is 0. The zero-order valence-electron chi connectivity index (χ0n) is 12.1. The average Bonchev–Trinajstić information content (AvgIpc) is 3.04. The van der Waals surface area contributed by atoms with Gasteiger partial charge in [0.1, 0.15) is 6.10 Å². The highest BCUT2D eigenvalue weighted by atomic mass is 16.6. The van der Waals surface area contributed by atoms with Crippen LogP contribution in [0.1, 0.15) is 20.8 Å². The molecule has 114 valence electrons. The van der Waals surface area contributed by atoms with Crippen LogP contribution in [-0.2, 0) is 9.53 Å². The minimum absolute atomic E-state index is 0.111. The molecule has 0 aliphatic heterocycles. The number of aliphatic hydroxyl groups excluding tert-OH is 1. The van der Waals surface area contributed by atoms with E-state index in [0.717, 1.165) is 13.5 Å². The molecule has 4 N–H and O–H groups in total. The van der Waals surface area contributed by atoms with Crippen LogP contribution < -0.4 is 4.99 Å². The lowest BCUT2D eigenvalue weighted by atomic mass is 10.2. The minimum atomic E-state index is 0.111. The van der Waals surface area contributed by atoms with Gasteiger partial charge in [-0.05, 0) is 38.3 Å². The van der Waals surface area contributed by atoms with Gasteiger partial charge in [0.05, 0.1) is 6.79 Å². The lowest BCUT2D eigenvalue weighted by molar-refractivity contribution is -0.436. The van der Waals surface area contributed by atoms with E-state index in [1.165, 1.54) is 5.57 Å². The van der Waals surface area contributed by atoms with Gasteiger partial charge in [-0.3, -0.25) is 4.79 Å². The Kier molecular flexibility index (Phi) is 17.2. The summed E-state index contributed by atoms with van der Waals surface area (Å²) in [6, 6.07) is 3.89. The number of allylic oxidation sites excluding steroid dienone is 1. The maximum atomic E-state index is 9.24. The Balaban J connectivity index is 0. The van der Waals surface area contributed by atoms with Crippen molar-refractivity contribution in [3.8, 4) is 0 Å². The number of rotatable bonds is 6. The number of carbonyl (C=O) groups excluding carboxylic acids is 1. The molecule has 0 amide bonds. The number of H-pyrrole nitrogens is 1. The second kappa shape index (κ2) is 16.9. The highest BCUT2D eigenvalue weighted by molar-refractivity contribution is 5.37. The molecule has 6 nitrogen and oxygen atoms in total.